The zero-order valence-electron chi connectivity index (χ0n) is 7.81. The minimum atomic E-state index is 0.806. The summed E-state index contributed by atoms with van der Waals surface area (Å²) in [6.07, 6.45) is 1.11. The van der Waals surface area contributed by atoms with Gasteiger partial charge in [0.2, 0.25) is 0 Å². The van der Waals surface area contributed by atoms with Crippen LogP contribution in [0, 0.1) is 0 Å². The molecule has 4 heteroatoms. The molecule has 0 saturated carbocycles. The first-order valence-electron chi connectivity index (χ1n) is 4.65. The van der Waals surface area contributed by atoms with E-state index in [1.807, 2.05) is 0 Å². The van der Waals surface area contributed by atoms with Crippen LogP contribution in [0.4, 0.5) is 0 Å². The maximum absolute atomic E-state index is 5.03. The largest absolute Gasteiger partial charge is 0.314 e. The molecule has 72 valence electrons. The van der Waals surface area contributed by atoms with Crippen molar-refractivity contribution in [3.05, 3.63) is 0 Å². The van der Waals surface area contributed by atoms with E-state index in [9.17, 15) is 0 Å². The van der Waals surface area contributed by atoms with Gasteiger partial charge in [0.25, 0.3) is 0 Å². The summed E-state index contributed by atoms with van der Waals surface area (Å²) in [5, 5.41) is 3.33. The van der Waals surface area contributed by atoms with Crippen molar-refractivity contribution < 1.29 is 4.84 Å². The Morgan fingerprint density at radius 2 is 2.17 bits per heavy atom. The maximum atomic E-state index is 5.03. The van der Waals surface area contributed by atoms with E-state index >= 15 is 0 Å². The van der Waals surface area contributed by atoms with Gasteiger partial charge in [0.1, 0.15) is 0 Å². The highest BCUT2D eigenvalue weighted by molar-refractivity contribution is 4.66. The van der Waals surface area contributed by atoms with Gasteiger partial charge in [-0.15, -0.1) is 0 Å². The molecule has 0 aromatic heterocycles. The molecule has 1 rings (SSSR count). The Hall–Kier alpha value is -0.160. The van der Waals surface area contributed by atoms with Crippen LogP contribution >= 0.6 is 0 Å². The second kappa shape index (κ2) is 6.37. The van der Waals surface area contributed by atoms with Crippen LogP contribution < -0.4 is 10.8 Å². The van der Waals surface area contributed by atoms with Crippen molar-refractivity contribution in [2.75, 3.05) is 46.4 Å². The van der Waals surface area contributed by atoms with Crippen LogP contribution in [0.3, 0.4) is 0 Å². The molecule has 1 heterocycles. The van der Waals surface area contributed by atoms with Crippen molar-refractivity contribution in [1.82, 2.24) is 15.7 Å². The lowest BCUT2D eigenvalue weighted by Crippen LogP contribution is -2.43. The molecular formula is C8H19N3O. The summed E-state index contributed by atoms with van der Waals surface area (Å²) in [5.41, 5.74) is 2.67. The topological polar surface area (TPSA) is 36.5 Å². The summed E-state index contributed by atoms with van der Waals surface area (Å²) in [4.78, 5) is 7.50. The van der Waals surface area contributed by atoms with Crippen molar-refractivity contribution in [2.24, 2.45) is 0 Å². The fourth-order valence-electron chi connectivity index (χ4n) is 1.40. The molecule has 0 spiro atoms. The molecule has 0 radical (unpaired) electrons. The van der Waals surface area contributed by atoms with Gasteiger partial charge < -0.3 is 15.1 Å². The summed E-state index contributed by atoms with van der Waals surface area (Å²) >= 11 is 0. The van der Waals surface area contributed by atoms with Gasteiger partial charge in [-0.25, -0.2) is 5.48 Å². The Kier molecular flexibility index (Phi) is 5.27. The quantitative estimate of drug-likeness (QED) is 0.431. The molecule has 0 unspecified atom stereocenters. The van der Waals surface area contributed by atoms with Gasteiger partial charge in [0, 0.05) is 39.8 Å². The average Bonchev–Trinajstić information content (AvgIpc) is 2.14. The van der Waals surface area contributed by atoms with Crippen molar-refractivity contribution in [1.29, 1.82) is 0 Å². The number of nitrogens with one attached hydrogen (secondary N) is 2. The van der Waals surface area contributed by atoms with Gasteiger partial charge in [-0.1, -0.05) is 0 Å². The lowest BCUT2D eigenvalue weighted by molar-refractivity contribution is 0.0500. The molecule has 12 heavy (non-hydrogen) atoms. The van der Waals surface area contributed by atoms with E-state index in [-0.39, 0.29) is 0 Å². The minimum absolute atomic E-state index is 0.806. The highest BCUT2D eigenvalue weighted by Gasteiger charge is 2.07. The second-order valence-corrected chi connectivity index (χ2v) is 3.00. The van der Waals surface area contributed by atoms with E-state index in [1.165, 1.54) is 13.1 Å². The van der Waals surface area contributed by atoms with E-state index < -0.39 is 0 Å². The van der Waals surface area contributed by atoms with Crippen molar-refractivity contribution >= 4 is 0 Å². The smallest absolute Gasteiger partial charge is 0.0694 e. The molecule has 0 bridgehead atoms. The maximum Gasteiger partial charge on any atom is 0.0694 e. The normalized spacial score (nSPS) is 19.8. The first kappa shape index (κ1) is 9.92. The molecule has 0 aliphatic carbocycles. The Labute approximate surface area is 74.2 Å². The number of piperazine rings is 1. The standard InChI is InChI=1S/C8H19N3O/c1-9-12-8-2-5-11-6-3-10-4-7-11/h9-10H,2-8H2,1H3. The third kappa shape index (κ3) is 4.01. The SMILES string of the molecule is CNOCCCN1CCNCC1. The fourth-order valence-corrected chi connectivity index (χ4v) is 1.40. The molecule has 0 aromatic rings. The van der Waals surface area contributed by atoms with Gasteiger partial charge in [-0.05, 0) is 6.42 Å². The van der Waals surface area contributed by atoms with Crippen LogP contribution in [0.1, 0.15) is 6.42 Å². The number of hydroxylamine groups is 1. The second-order valence-electron chi connectivity index (χ2n) is 3.00. The van der Waals surface area contributed by atoms with E-state index in [0.29, 0.717) is 0 Å². The van der Waals surface area contributed by atoms with Crippen molar-refractivity contribution in [3.8, 4) is 0 Å². The zero-order chi connectivity index (χ0) is 8.65. The monoisotopic (exact) mass is 173 g/mol. The highest BCUT2D eigenvalue weighted by Crippen LogP contribution is 1.93. The lowest BCUT2D eigenvalue weighted by Gasteiger charge is -2.26. The van der Waals surface area contributed by atoms with Crippen LogP contribution in [-0.4, -0.2) is 51.3 Å². The molecule has 1 saturated heterocycles. The van der Waals surface area contributed by atoms with Gasteiger partial charge in [0.05, 0.1) is 6.61 Å². The number of rotatable bonds is 5. The van der Waals surface area contributed by atoms with Gasteiger partial charge in [-0.2, -0.15) is 0 Å². The van der Waals surface area contributed by atoms with Gasteiger partial charge >= 0.3 is 0 Å². The Balaban J connectivity index is 1.91. The molecule has 1 aliphatic heterocycles. The molecule has 2 N–H and O–H groups in total. The predicted octanol–water partition coefficient (Wildman–Crippen LogP) is -0.567. The van der Waals surface area contributed by atoms with Crippen LogP contribution in [-0.2, 0) is 4.84 Å². The molecule has 0 aromatic carbocycles. The summed E-state index contributed by atoms with van der Waals surface area (Å²) in [7, 11) is 1.80. The summed E-state index contributed by atoms with van der Waals surface area (Å²) in [6.45, 7) is 6.59. The number of nitrogens with zero attached hydrogens (tertiary/aromatic N) is 1. The lowest BCUT2D eigenvalue weighted by atomic mass is 10.3. The van der Waals surface area contributed by atoms with E-state index in [1.54, 1.807) is 7.05 Å². The van der Waals surface area contributed by atoms with Crippen molar-refractivity contribution in [3.63, 3.8) is 0 Å². The van der Waals surface area contributed by atoms with E-state index in [4.69, 9.17) is 4.84 Å². The number of hydrogen-bond acceptors (Lipinski definition) is 4. The van der Waals surface area contributed by atoms with Crippen LogP contribution in [0.2, 0.25) is 0 Å². The zero-order valence-corrected chi connectivity index (χ0v) is 7.81. The predicted molar refractivity (Wildman–Crippen MR) is 48.9 cm³/mol. The van der Waals surface area contributed by atoms with E-state index in [2.05, 4.69) is 15.7 Å². The molecule has 0 amide bonds. The minimum Gasteiger partial charge on any atom is -0.314 e. The van der Waals surface area contributed by atoms with Crippen LogP contribution in [0.25, 0.3) is 0 Å². The third-order valence-corrected chi connectivity index (χ3v) is 2.07. The summed E-state index contributed by atoms with van der Waals surface area (Å²) in [6, 6.07) is 0. The molecule has 0 atom stereocenters. The highest BCUT2D eigenvalue weighted by atomic mass is 16.6. The first-order chi connectivity index (χ1) is 5.93. The fraction of sp³-hybridized carbons (Fsp3) is 1.00. The molecule has 1 aliphatic rings. The first-order valence-corrected chi connectivity index (χ1v) is 4.65. The van der Waals surface area contributed by atoms with Gasteiger partial charge in [-0.3, -0.25) is 0 Å². The molecule has 1 fully saturated rings. The Morgan fingerprint density at radius 3 is 2.83 bits per heavy atom. The summed E-state index contributed by atoms with van der Waals surface area (Å²) in [5.74, 6) is 0. The Bertz CT molecular complexity index is 104. The van der Waals surface area contributed by atoms with Gasteiger partial charge in [0.15, 0.2) is 0 Å². The van der Waals surface area contributed by atoms with Crippen LogP contribution in [0.15, 0.2) is 0 Å². The number of hydrogen-bond donors (Lipinski definition) is 2. The van der Waals surface area contributed by atoms with Crippen LogP contribution in [0.5, 0.6) is 0 Å². The summed E-state index contributed by atoms with van der Waals surface area (Å²) < 4.78 is 0. The van der Waals surface area contributed by atoms with E-state index in [0.717, 1.165) is 32.7 Å². The molecular weight excluding hydrogens is 154 g/mol. The van der Waals surface area contributed by atoms with Crippen molar-refractivity contribution in [2.45, 2.75) is 6.42 Å². The molecule has 4 nitrogen and oxygen atoms in total. The average molecular weight is 173 g/mol. The third-order valence-electron chi connectivity index (χ3n) is 2.07. The Morgan fingerprint density at radius 1 is 1.42 bits per heavy atom.